The van der Waals surface area contributed by atoms with Gasteiger partial charge in [-0.15, -0.1) is 0 Å². The van der Waals surface area contributed by atoms with E-state index in [0.29, 0.717) is 17.5 Å². The second-order valence-electron chi connectivity index (χ2n) is 7.48. The summed E-state index contributed by atoms with van der Waals surface area (Å²) in [5.41, 5.74) is 9.12. The molecular weight excluding hydrogens is 377 g/mol. The zero-order valence-corrected chi connectivity index (χ0v) is 16.2. The third kappa shape index (κ3) is 3.77. The minimum atomic E-state index is -0.733. The van der Waals surface area contributed by atoms with Gasteiger partial charge in [-0.05, 0) is 79.6 Å². The SMILES string of the molecule is NCC1CCC(Nc2ccnc3ccc(-c4cc(F)c(O)c(Cl)c4)cc23)CC1. The van der Waals surface area contributed by atoms with Gasteiger partial charge in [0.2, 0.25) is 0 Å². The summed E-state index contributed by atoms with van der Waals surface area (Å²) in [6.07, 6.45) is 6.29. The van der Waals surface area contributed by atoms with E-state index in [4.69, 9.17) is 17.3 Å². The van der Waals surface area contributed by atoms with Gasteiger partial charge < -0.3 is 16.2 Å². The molecule has 1 aromatic heterocycles. The molecule has 0 unspecified atom stereocenters. The lowest BCUT2D eigenvalue weighted by molar-refractivity contribution is 0.345. The Bertz CT molecular complexity index is 979. The molecule has 1 saturated carbocycles. The number of nitrogens with two attached hydrogens (primary N) is 1. The first-order valence-corrected chi connectivity index (χ1v) is 9.96. The van der Waals surface area contributed by atoms with Crippen molar-refractivity contribution in [2.24, 2.45) is 11.7 Å². The second kappa shape index (κ2) is 7.94. The van der Waals surface area contributed by atoms with Gasteiger partial charge in [0.25, 0.3) is 0 Å². The molecule has 6 heteroatoms. The molecule has 1 heterocycles. The van der Waals surface area contributed by atoms with E-state index in [0.717, 1.165) is 54.4 Å². The molecule has 1 aliphatic carbocycles. The number of pyridine rings is 1. The van der Waals surface area contributed by atoms with Crippen molar-refractivity contribution in [1.29, 1.82) is 0 Å². The van der Waals surface area contributed by atoms with E-state index in [9.17, 15) is 9.50 Å². The van der Waals surface area contributed by atoms with Crippen molar-refractivity contribution in [3.63, 3.8) is 0 Å². The number of hydrogen-bond acceptors (Lipinski definition) is 4. The molecule has 0 aliphatic heterocycles. The first-order chi connectivity index (χ1) is 13.5. The van der Waals surface area contributed by atoms with Gasteiger partial charge in [-0.1, -0.05) is 17.7 Å². The Morgan fingerprint density at radius 1 is 1.11 bits per heavy atom. The van der Waals surface area contributed by atoms with E-state index in [2.05, 4.69) is 10.3 Å². The van der Waals surface area contributed by atoms with E-state index in [1.54, 1.807) is 12.3 Å². The van der Waals surface area contributed by atoms with E-state index in [-0.39, 0.29) is 5.02 Å². The van der Waals surface area contributed by atoms with E-state index in [1.807, 2.05) is 24.3 Å². The quantitative estimate of drug-likeness (QED) is 0.554. The molecule has 146 valence electrons. The van der Waals surface area contributed by atoms with Crippen molar-refractivity contribution in [3.8, 4) is 16.9 Å². The Balaban J connectivity index is 1.66. The first kappa shape index (κ1) is 19.0. The summed E-state index contributed by atoms with van der Waals surface area (Å²) in [6, 6.07) is 11.0. The van der Waals surface area contributed by atoms with Crippen LogP contribution in [0.15, 0.2) is 42.6 Å². The summed E-state index contributed by atoms with van der Waals surface area (Å²) in [5, 5.41) is 14.2. The third-order valence-electron chi connectivity index (χ3n) is 5.63. The van der Waals surface area contributed by atoms with Crippen molar-refractivity contribution < 1.29 is 9.50 Å². The van der Waals surface area contributed by atoms with Crippen LogP contribution in [-0.4, -0.2) is 22.7 Å². The maximum atomic E-state index is 13.9. The van der Waals surface area contributed by atoms with Crippen molar-refractivity contribution in [2.45, 2.75) is 31.7 Å². The molecule has 0 spiro atoms. The van der Waals surface area contributed by atoms with Crippen LogP contribution in [0.3, 0.4) is 0 Å². The molecule has 4 rings (SSSR count). The van der Waals surface area contributed by atoms with Crippen molar-refractivity contribution in [3.05, 3.63) is 53.4 Å². The Kier molecular flexibility index (Phi) is 5.38. The minimum Gasteiger partial charge on any atom is -0.504 e. The number of phenols is 1. The maximum Gasteiger partial charge on any atom is 0.170 e. The highest BCUT2D eigenvalue weighted by Crippen LogP contribution is 2.35. The number of aromatic hydroxyl groups is 1. The number of rotatable bonds is 4. The van der Waals surface area contributed by atoms with Crippen LogP contribution in [0, 0.1) is 11.7 Å². The van der Waals surface area contributed by atoms with Gasteiger partial charge in [0.1, 0.15) is 0 Å². The lowest BCUT2D eigenvalue weighted by atomic mass is 9.86. The summed E-state index contributed by atoms with van der Waals surface area (Å²) in [5.74, 6) is -0.625. The van der Waals surface area contributed by atoms with Gasteiger partial charge in [0.05, 0.1) is 10.5 Å². The fourth-order valence-corrected chi connectivity index (χ4v) is 4.15. The molecule has 0 bridgehead atoms. The maximum absolute atomic E-state index is 13.9. The lowest BCUT2D eigenvalue weighted by Crippen LogP contribution is -2.29. The molecule has 1 fully saturated rings. The average Bonchev–Trinajstić information content (AvgIpc) is 2.72. The number of aromatic nitrogens is 1. The summed E-state index contributed by atoms with van der Waals surface area (Å²) in [6.45, 7) is 0.764. The molecule has 28 heavy (non-hydrogen) atoms. The number of nitrogens with zero attached hydrogens (tertiary/aromatic N) is 1. The molecule has 4 nitrogen and oxygen atoms in total. The number of halogens is 2. The zero-order valence-electron chi connectivity index (χ0n) is 15.5. The predicted molar refractivity (Wildman–Crippen MR) is 112 cm³/mol. The van der Waals surface area contributed by atoms with Crippen LogP contribution >= 0.6 is 11.6 Å². The van der Waals surface area contributed by atoms with Crippen LogP contribution in [0.1, 0.15) is 25.7 Å². The van der Waals surface area contributed by atoms with Crippen LogP contribution < -0.4 is 11.1 Å². The molecular formula is C22H23ClFN3O. The second-order valence-corrected chi connectivity index (χ2v) is 7.88. The van der Waals surface area contributed by atoms with Crippen LogP contribution in [0.5, 0.6) is 5.75 Å². The Morgan fingerprint density at radius 3 is 2.61 bits per heavy atom. The monoisotopic (exact) mass is 399 g/mol. The standard InChI is InChI=1S/C22H23ClFN3O/c23-18-10-15(11-19(24)22(18)28)14-3-6-20-17(9-14)21(7-8-26-20)27-16-4-1-13(12-25)2-5-16/h3,6-11,13,16,28H,1-2,4-5,12,25H2,(H,26,27). The summed E-state index contributed by atoms with van der Waals surface area (Å²) in [7, 11) is 0. The Labute approximate surface area is 168 Å². The number of nitrogens with one attached hydrogen (secondary N) is 1. The Morgan fingerprint density at radius 2 is 1.89 bits per heavy atom. The number of benzene rings is 2. The summed E-state index contributed by atoms with van der Waals surface area (Å²) in [4.78, 5) is 4.45. The average molecular weight is 400 g/mol. The molecule has 0 amide bonds. The molecule has 2 aromatic carbocycles. The smallest absolute Gasteiger partial charge is 0.170 e. The fraction of sp³-hybridized carbons (Fsp3) is 0.318. The highest BCUT2D eigenvalue weighted by Gasteiger charge is 2.20. The fourth-order valence-electron chi connectivity index (χ4n) is 3.95. The molecule has 0 atom stereocenters. The number of fused-ring (bicyclic) bond motifs is 1. The molecule has 3 aromatic rings. The van der Waals surface area contributed by atoms with Crippen LogP contribution in [0.4, 0.5) is 10.1 Å². The highest BCUT2D eigenvalue weighted by atomic mass is 35.5. The summed E-state index contributed by atoms with van der Waals surface area (Å²) >= 11 is 5.95. The number of anilines is 1. The van der Waals surface area contributed by atoms with Crippen molar-refractivity contribution >= 4 is 28.2 Å². The molecule has 0 radical (unpaired) electrons. The van der Waals surface area contributed by atoms with Gasteiger partial charge in [0, 0.05) is 23.3 Å². The van der Waals surface area contributed by atoms with Crippen LogP contribution in [-0.2, 0) is 0 Å². The number of phenolic OH excluding ortho intramolecular Hbond substituents is 1. The highest BCUT2D eigenvalue weighted by molar-refractivity contribution is 6.32. The van der Waals surface area contributed by atoms with Gasteiger partial charge in [0.15, 0.2) is 11.6 Å². The third-order valence-corrected chi connectivity index (χ3v) is 5.92. The van der Waals surface area contributed by atoms with E-state index >= 15 is 0 Å². The molecule has 0 saturated heterocycles. The van der Waals surface area contributed by atoms with E-state index in [1.165, 1.54) is 6.07 Å². The molecule has 4 N–H and O–H groups in total. The van der Waals surface area contributed by atoms with Gasteiger partial charge in [-0.3, -0.25) is 4.98 Å². The largest absolute Gasteiger partial charge is 0.504 e. The zero-order chi connectivity index (χ0) is 19.7. The predicted octanol–water partition coefficient (Wildman–Crippen LogP) is 5.33. The normalized spacial score (nSPS) is 19.7. The molecule has 1 aliphatic rings. The van der Waals surface area contributed by atoms with E-state index < -0.39 is 11.6 Å². The summed E-state index contributed by atoms with van der Waals surface area (Å²) < 4.78 is 13.9. The van der Waals surface area contributed by atoms with Crippen LogP contribution in [0.2, 0.25) is 5.02 Å². The van der Waals surface area contributed by atoms with Crippen molar-refractivity contribution in [1.82, 2.24) is 4.98 Å². The minimum absolute atomic E-state index is 0.00343. The first-order valence-electron chi connectivity index (χ1n) is 9.59. The Hall–Kier alpha value is -2.37. The number of hydrogen-bond donors (Lipinski definition) is 3. The van der Waals surface area contributed by atoms with Crippen LogP contribution in [0.25, 0.3) is 22.0 Å². The van der Waals surface area contributed by atoms with Gasteiger partial charge >= 0.3 is 0 Å². The van der Waals surface area contributed by atoms with Gasteiger partial charge in [-0.2, -0.15) is 0 Å². The van der Waals surface area contributed by atoms with Gasteiger partial charge in [-0.25, -0.2) is 4.39 Å². The lowest BCUT2D eigenvalue weighted by Gasteiger charge is -2.29. The van der Waals surface area contributed by atoms with Crippen molar-refractivity contribution in [2.75, 3.05) is 11.9 Å². The topological polar surface area (TPSA) is 71.2 Å².